The number of hydrogen-bond donors (Lipinski definition) is 0. The van der Waals surface area contributed by atoms with Crippen molar-refractivity contribution in [3.05, 3.63) is 18.6 Å². The molecule has 1 aliphatic rings. The van der Waals surface area contributed by atoms with Gasteiger partial charge in [-0.15, -0.1) is 6.58 Å². The molecule has 1 fully saturated rings. The molecule has 0 aromatic heterocycles. The van der Waals surface area contributed by atoms with Gasteiger partial charge in [-0.1, -0.05) is 19.9 Å². The molecule has 10 heavy (non-hydrogen) atoms. The third kappa shape index (κ3) is 1.84. The number of nitrogens with zero attached hydrogens (tertiary/aromatic N) is 1. The molecule has 0 N–H and O–H groups in total. The van der Waals surface area contributed by atoms with Crippen molar-refractivity contribution in [3.63, 3.8) is 0 Å². The van der Waals surface area contributed by atoms with Crippen LogP contribution >= 0.6 is 0 Å². The molecule has 1 heteroatoms. The van der Waals surface area contributed by atoms with Crippen LogP contribution in [0.2, 0.25) is 0 Å². The lowest BCUT2D eigenvalue weighted by atomic mass is 9.99. The van der Waals surface area contributed by atoms with Gasteiger partial charge in [0.25, 0.3) is 0 Å². The fraction of sp³-hybridized carbons (Fsp3) is 0.667. The molecule has 0 spiro atoms. The predicted octanol–water partition coefficient (Wildman–Crippen LogP) is 1.72. The van der Waals surface area contributed by atoms with E-state index in [-0.39, 0.29) is 0 Å². The van der Waals surface area contributed by atoms with Gasteiger partial charge in [0.1, 0.15) is 0 Å². The second-order valence-electron chi connectivity index (χ2n) is 3.40. The molecule has 0 atom stereocenters. The number of rotatable bonds is 3. The van der Waals surface area contributed by atoms with Crippen LogP contribution in [0.1, 0.15) is 13.8 Å². The van der Waals surface area contributed by atoms with E-state index in [2.05, 4.69) is 31.4 Å². The largest absolute Gasteiger partial charge is 0.302 e. The fourth-order valence-corrected chi connectivity index (χ4v) is 1.34. The van der Waals surface area contributed by atoms with Crippen LogP contribution in [0, 0.1) is 11.8 Å². The van der Waals surface area contributed by atoms with E-state index in [9.17, 15) is 0 Å². The molecule has 0 bridgehead atoms. The van der Waals surface area contributed by atoms with Gasteiger partial charge in [0, 0.05) is 25.6 Å². The van der Waals surface area contributed by atoms with Gasteiger partial charge in [0.15, 0.2) is 0 Å². The lowest BCUT2D eigenvalue weighted by Crippen LogP contribution is -2.46. The molecule has 0 aromatic carbocycles. The van der Waals surface area contributed by atoms with Gasteiger partial charge < -0.3 is 4.90 Å². The average Bonchev–Trinajstić information content (AvgIpc) is 1.76. The van der Waals surface area contributed by atoms with Gasteiger partial charge in [0.05, 0.1) is 0 Å². The maximum atomic E-state index is 3.76. The molecule has 1 nitrogen and oxygen atoms in total. The second-order valence-corrected chi connectivity index (χ2v) is 3.40. The number of hydrogen-bond acceptors (Lipinski definition) is 1. The monoisotopic (exact) mass is 138 g/mol. The van der Waals surface area contributed by atoms with E-state index >= 15 is 0 Å². The molecular weight excluding hydrogens is 122 g/mol. The third-order valence-corrected chi connectivity index (χ3v) is 1.86. The smallest absolute Gasteiger partial charge is 0.00570 e. The molecule has 1 saturated heterocycles. The maximum Gasteiger partial charge on any atom is 0.00570 e. The summed E-state index contributed by atoms with van der Waals surface area (Å²) in [6, 6.07) is 0. The Hall–Kier alpha value is -0.300. The molecule has 1 aliphatic heterocycles. The molecule has 0 unspecified atom stereocenters. The van der Waals surface area contributed by atoms with Gasteiger partial charge in [0.2, 0.25) is 0 Å². The van der Waals surface area contributed by atoms with E-state index in [4.69, 9.17) is 0 Å². The standard InChI is InChI=1S/C9H16N/c1-4-9-6-10(7-9)5-8(2)3/h4,9H,1,5-7H2,2-3H3. The van der Waals surface area contributed by atoms with Crippen LogP contribution in [0.25, 0.3) is 0 Å². The lowest BCUT2D eigenvalue weighted by molar-refractivity contribution is 0.138. The molecule has 0 aromatic rings. The normalized spacial score (nSPS) is 21.1. The van der Waals surface area contributed by atoms with E-state index in [1.807, 2.05) is 0 Å². The predicted molar refractivity (Wildman–Crippen MR) is 44.7 cm³/mol. The summed E-state index contributed by atoms with van der Waals surface area (Å²) in [4.78, 5) is 2.45. The Kier molecular flexibility index (Phi) is 2.50. The summed E-state index contributed by atoms with van der Waals surface area (Å²) in [6.07, 6.45) is 2.06. The summed E-state index contributed by atoms with van der Waals surface area (Å²) in [7, 11) is 0. The van der Waals surface area contributed by atoms with Gasteiger partial charge in [-0.2, -0.15) is 0 Å². The first kappa shape index (κ1) is 7.80. The van der Waals surface area contributed by atoms with Gasteiger partial charge >= 0.3 is 0 Å². The zero-order chi connectivity index (χ0) is 7.56. The van der Waals surface area contributed by atoms with Crippen LogP contribution in [0.3, 0.4) is 0 Å². The van der Waals surface area contributed by atoms with Crippen molar-refractivity contribution in [1.82, 2.24) is 4.90 Å². The summed E-state index contributed by atoms with van der Waals surface area (Å²) < 4.78 is 0. The highest BCUT2D eigenvalue weighted by Crippen LogP contribution is 2.17. The minimum absolute atomic E-state index is 0.763. The molecule has 0 saturated carbocycles. The summed E-state index contributed by atoms with van der Waals surface area (Å²) in [5, 5.41) is 0. The highest BCUT2D eigenvalue weighted by Gasteiger charge is 2.23. The highest BCUT2D eigenvalue weighted by molar-refractivity contribution is 4.95. The first-order valence-electron chi connectivity index (χ1n) is 3.86. The van der Waals surface area contributed by atoms with Crippen molar-refractivity contribution >= 4 is 0 Å². The van der Waals surface area contributed by atoms with Crippen molar-refractivity contribution in [3.8, 4) is 0 Å². The van der Waals surface area contributed by atoms with Crippen LogP contribution in [0.15, 0.2) is 12.7 Å². The first-order valence-corrected chi connectivity index (χ1v) is 3.86. The Labute approximate surface area is 63.7 Å². The Balaban J connectivity index is 2.08. The highest BCUT2D eigenvalue weighted by atomic mass is 15.2. The van der Waals surface area contributed by atoms with Crippen molar-refractivity contribution in [2.75, 3.05) is 19.6 Å². The Morgan fingerprint density at radius 1 is 1.60 bits per heavy atom. The summed E-state index contributed by atoms with van der Waals surface area (Å²) in [5.41, 5.74) is 0. The summed E-state index contributed by atoms with van der Waals surface area (Å²) in [5.74, 6) is 2.27. The average molecular weight is 138 g/mol. The minimum atomic E-state index is 0.763. The SMILES string of the molecule is C=CC1CN(C[C](C)C)C1. The zero-order valence-corrected chi connectivity index (χ0v) is 6.93. The van der Waals surface area contributed by atoms with Crippen molar-refractivity contribution in [2.24, 2.45) is 5.92 Å². The van der Waals surface area contributed by atoms with E-state index in [0.29, 0.717) is 0 Å². The first-order chi connectivity index (χ1) is 4.72. The van der Waals surface area contributed by atoms with E-state index < -0.39 is 0 Å². The third-order valence-electron chi connectivity index (χ3n) is 1.86. The molecule has 1 radical (unpaired) electrons. The summed E-state index contributed by atoms with van der Waals surface area (Å²) >= 11 is 0. The quantitative estimate of drug-likeness (QED) is 0.537. The topological polar surface area (TPSA) is 3.24 Å². The van der Waals surface area contributed by atoms with Crippen LogP contribution < -0.4 is 0 Å². The van der Waals surface area contributed by atoms with Gasteiger partial charge in [-0.3, -0.25) is 0 Å². The van der Waals surface area contributed by atoms with Gasteiger partial charge in [-0.25, -0.2) is 0 Å². The van der Waals surface area contributed by atoms with Crippen LogP contribution in [0.4, 0.5) is 0 Å². The minimum Gasteiger partial charge on any atom is -0.302 e. The van der Waals surface area contributed by atoms with Gasteiger partial charge in [-0.05, 0) is 5.92 Å². The van der Waals surface area contributed by atoms with Crippen molar-refractivity contribution in [1.29, 1.82) is 0 Å². The molecular formula is C9H16N. The molecule has 0 aliphatic carbocycles. The number of likely N-dealkylation sites (tertiary alicyclic amines) is 1. The van der Waals surface area contributed by atoms with E-state index in [1.165, 1.54) is 25.6 Å². The van der Waals surface area contributed by atoms with Crippen molar-refractivity contribution < 1.29 is 0 Å². The van der Waals surface area contributed by atoms with E-state index in [1.54, 1.807) is 0 Å². The zero-order valence-electron chi connectivity index (χ0n) is 6.93. The summed E-state index contributed by atoms with van der Waals surface area (Å²) in [6.45, 7) is 11.7. The molecule has 57 valence electrons. The molecule has 1 rings (SSSR count). The Bertz CT molecular complexity index is 112. The molecule has 1 heterocycles. The van der Waals surface area contributed by atoms with Crippen molar-refractivity contribution in [2.45, 2.75) is 13.8 Å². The Morgan fingerprint density at radius 3 is 2.60 bits per heavy atom. The lowest BCUT2D eigenvalue weighted by Gasteiger charge is -2.38. The fourth-order valence-electron chi connectivity index (χ4n) is 1.34. The van der Waals surface area contributed by atoms with Crippen LogP contribution in [-0.4, -0.2) is 24.5 Å². The molecule has 0 amide bonds. The van der Waals surface area contributed by atoms with E-state index in [0.717, 1.165) is 5.92 Å². The maximum absolute atomic E-state index is 3.76. The second kappa shape index (κ2) is 3.20. The van der Waals surface area contributed by atoms with Crippen LogP contribution in [0.5, 0.6) is 0 Å². The Morgan fingerprint density at radius 2 is 2.20 bits per heavy atom. The van der Waals surface area contributed by atoms with Crippen LogP contribution in [-0.2, 0) is 0 Å².